The molecule has 0 aromatic rings. The van der Waals surface area contributed by atoms with Crippen LogP contribution < -0.4 is 0 Å². The van der Waals surface area contributed by atoms with Crippen molar-refractivity contribution in [1.82, 2.24) is 9.80 Å². The van der Waals surface area contributed by atoms with Gasteiger partial charge in [-0.1, -0.05) is 24.3 Å². The number of nitrogens with zero attached hydrogens (tertiary/aromatic N) is 2. The fraction of sp³-hybridized carbons (Fsp3) is 0.733. The van der Waals surface area contributed by atoms with Crippen molar-refractivity contribution >= 4 is 0 Å². The normalized spacial score (nSPS) is 22.8. The van der Waals surface area contributed by atoms with Gasteiger partial charge >= 0.3 is 0 Å². The summed E-state index contributed by atoms with van der Waals surface area (Å²) in [5.41, 5.74) is 0. The predicted molar refractivity (Wildman–Crippen MR) is 77.0 cm³/mol. The first-order valence-corrected chi connectivity index (χ1v) is 7.39. The maximum atomic E-state index is 9.17. The quantitative estimate of drug-likeness (QED) is 0.703. The van der Waals surface area contributed by atoms with Crippen LogP contribution in [0.1, 0.15) is 19.3 Å². The first-order valence-electron chi connectivity index (χ1n) is 7.39. The van der Waals surface area contributed by atoms with Crippen molar-refractivity contribution in [1.29, 1.82) is 0 Å². The van der Waals surface area contributed by atoms with Crippen LogP contribution in [0.25, 0.3) is 0 Å². The highest BCUT2D eigenvalue weighted by Crippen LogP contribution is 2.11. The average molecular weight is 266 g/mol. The third kappa shape index (κ3) is 5.07. The van der Waals surface area contributed by atoms with Gasteiger partial charge in [0.15, 0.2) is 0 Å². The third-order valence-corrected chi connectivity index (χ3v) is 3.73. The van der Waals surface area contributed by atoms with Gasteiger partial charge in [0.05, 0.1) is 6.61 Å². The van der Waals surface area contributed by atoms with Crippen molar-refractivity contribution in [3.05, 3.63) is 24.3 Å². The molecular weight excluding hydrogens is 240 g/mol. The van der Waals surface area contributed by atoms with E-state index >= 15 is 0 Å². The minimum atomic E-state index is 0.0651. The van der Waals surface area contributed by atoms with E-state index in [9.17, 15) is 5.11 Å². The predicted octanol–water partition coefficient (Wildman–Crippen LogP) is 1.24. The van der Waals surface area contributed by atoms with Gasteiger partial charge in [0.2, 0.25) is 0 Å². The second-order valence-corrected chi connectivity index (χ2v) is 5.15. The van der Waals surface area contributed by atoms with Crippen LogP contribution >= 0.6 is 0 Å². The Morgan fingerprint density at radius 1 is 1.05 bits per heavy atom. The lowest BCUT2D eigenvalue weighted by Crippen LogP contribution is -2.41. The van der Waals surface area contributed by atoms with Gasteiger partial charge in [-0.2, -0.15) is 0 Å². The van der Waals surface area contributed by atoms with E-state index in [1.165, 1.54) is 0 Å². The van der Waals surface area contributed by atoms with Crippen LogP contribution in [0.4, 0.5) is 0 Å². The molecule has 1 N–H and O–H groups in total. The lowest BCUT2D eigenvalue weighted by molar-refractivity contribution is -0.0713. The topological polar surface area (TPSA) is 35.9 Å². The average Bonchev–Trinajstić information content (AvgIpc) is 2.48. The summed E-state index contributed by atoms with van der Waals surface area (Å²) in [6.45, 7) is 6.08. The number of hydrogen-bond acceptors (Lipinski definition) is 4. The fourth-order valence-corrected chi connectivity index (χ4v) is 2.61. The Kier molecular flexibility index (Phi) is 6.57. The van der Waals surface area contributed by atoms with Crippen molar-refractivity contribution in [3.8, 4) is 0 Å². The van der Waals surface area contributed by atoms with E-state index < -0.39 is 0 Å². The molecule has 4 heteroatoms. The molecule has 0 amide bonds. The molecule has 2 aliphatic heterocycles. The summed E-state index contributed by atoms with van der Waals surface area (Å²) < 4.78 is 5.99. The van der Waals surface area contributed by atoms with Crippen molar-refractivity contribution in [3.63, 3.8) is 0 Å². The Bertz CT molecular complexity index is 305. The van der Waals surface area contributed by atoms with E-state index in [4.69, 9.17) is 4.74 Å². The van der Waals surface area contributed by atoms with Crippen LogP contribution in [0, 0.1) is 0 Å². The standard InChI is InChI=1S/C15H26N2O2/c18-13-7-15(17-10-5-2-6-11-17)19-14-12-16-8-3-1-4-9-16/h1-3,5,15,18H,4,6-14H2. The Hall–Kier alpha value is -0.680. The highest BCUT2D eigenvalue weighted by atomic mass is 16.5. The number of rotatable bonds is 7. The van der Waals surface area contributed by atoms with Crippen LogP contribution in [0.2, 0.25) is 0 Å². The van der Waals surface area contributed by atoms with Gasteiger partial charge in [0.1, 0.15) is 6.23 Å². The molecule has 0 radical (unpaired) electrons. The van der Waals surface area contributed by atoms with E-state index in [1.807, 2.05) is 0 Å². The zero-order valence-corrected chi connectivity index (χ0v) is 11.7. The van der Waals surface area contributed by atoms with E-state index in [0.29, 0.717) is 6.42 Å². The van der Waals surface area contributed by atoms with Crippen molar-refractivity contribution < 1.29 is 9.84 Å². The SMILES string of the molecule is OCCC(OCCN1CC=CCC1)N1CC=CCC1. The third-order valence-electron chi connectivity index (χ3n) is 3.73. The molecule has 108 valence electrons. The Morgan fingerprint density at radius 3 is 2.47 bits per heavy atom. The lowest BCUT2D eigenvalue weighted by Gasteiger charge is -2.32. The highest BCUT2D eigenvalue weighted by molar-refractivity contribution is 4.92. The number of aliphatic hydroxyl groups is 1. The van der Waals surface area contributed by atoms with Crippen LogP contribution in [0.5, 0.6) is 0 Å². The zero-order valence-electron chi connectivity index (χ0n) is 11.7. The molecule has 0 aromatic heterocycles. The number of ether oxygens (including phenoxy) is 1. The number of hydrogen-bond donors (Lipinski definition) is 1. The van der Waals surface area contributed by atoms with Gasteiger partial charge < -0.3 is 9.84 Å². The van der Waals surface area contributed by atoms with Gasteiger partial charge in [0.25, 0.3) is 0 Å². The maximum absolute atomic E-state index is 9.17. The molecule has 2 aliphatic rings. The van der Waals surface area contributed by atoms with Gasteiger partial charge in [-0.05, 0) is 12.8 Å². The molecule has 0 saturated carbocycles. The molecule has 0 bridgehead atoms. The summed E-state index contributed by atoms with van der Waals surface area (Å²) in [6, 6.07) is 0. The van der Waals surface area contributed by atoms with Crippen molar-refractivity contribution in [2.24, 2.45) is 0 Å². The van der Waals surface area contributed by atoms with Gasteiger partial charge in [-0.15, -0.1) is 0 Å². The minimum Gasteiger partial charge on any atom is -0.396 e. The number of aliphatic hydroxyl groups excluding tert-OH is 1. The fourth-order valence-electron chi connectivity index (χ4n) is 2.61. The summed E-state index contributed by atoms with van der Waals surface area (Å²) in [4.78, 5) is 4.72. The van der Waals surface area contributed by atoms with Crippen LogP contribution in [0.3, 0.4) is 0 Å². The van der Waals surface area contributed by atoms with Crippen LogP contribution in [-0.2, 0) is 4.74 Å². The smallest absolute Gasteiger partial charge is 0.113 e. The second kappa shape index (κ2) is 8.48. The molecule has 0 fully saturated rings. The molecule has 0 spiro atoms. The first-order chi connectivity index (χ1) is 9.40. The van der Waals surface area contributed by atoms with E-state index in [-0.39, 0.29) is 12.8 Å². The molecule has 0 saturated heterocycles. The molecule has 19 heavy (non-hydrogen) atoms. The minimum absolute atomic E-state index is 0.0651. The summed E-state index contributed by atoms with van der Waals surface area (Å²) in [5.74, 6) is 0. The molecule has 2 rings (SSSR count). The lowest BCUT2D eigenvalue weighted by atomic mass is 10.2. The first kappa shape index (κ1) is 14.7. The highest BCUT2D eigenvalue weighted by Gasteiger charge is 2.19. The Balaban J connectivity index is 1.70. The summed E-state index contributed by atoms with van der Waals surface area (Å²) in [5, 5.41) is 9.17. The Labute approximate surface area is 116 Å². The summed E-state index contributed by atoms with van der Waals surface area (Å²) in [7, 11) is 0. The maximum Gasteiger partial charge on any atom is 0.113 e. The summed E-state index contributed by atoms with van der Waals surface area (Å²) >= 11 is 0. The monoisotopic (exact) mass is 266 g/mol. The summed E-state index contributed by atoms with van der Waals surface area (Å²) in [6.07, 6.45) is 11.9. The van der Waals surface area contributed by atoms with Crippen LogP contribution in [-0.4, -0.2) is 67.1 Å². The molecule has 4 nitrogen and oxygen atoms in total. The molecule has 1 unspecified atom stereocenters. The van der Waals surface area contributed by atoms with Crippen molar-refractivity contribution in [2.45, 2.75) is 25.5 Å². The molecule has 1 atom stereocenters. The van der Waals surface area contributed by atoms with E-state index in [2.05, 4.69) is 34.1 Å². The largest absolute Gasteiger partial charge is 0.396 e. The zero-order chi connectivity index (χ0) is 13.3. The molecule has 2 heterocycles. The molecule has 0 aliphatic carbocycles. The van der Waals surface area contributed by atoms with Gasteiger partial charge in [-0.25, -0.2) is 0 Å². The van der Waals surface area contributed by atoms with Crippen molar-refractivity contribution in [2.75, 3.05) is 45.9 Å². The van der Waals surface area contributed by atoms with Crippen LogP contribution in [0.15, 0.2) is 24.3 Å². The van der Waals surface area contributed by atoms with E-state index in [1.54, 1.807) is 0 Å². The molecular formula is C15H26N2O2. The van der Waals surface area contributed by atoms with Gasteiger partial charge in [0, 0.05) is 45.8 Å². The molecule has 0 aromatic carbocycles. The second-order valence-electron chi connectivity index (χ2n) is 5.15. The van der Waals surface area contributed by atoms with E-state index in [0.717, 1.165) is 52.2 Å². The van der Waals surface area contributed by atoms with Gasteiger partial charge in [-0.3, -0.25) is 9.80 Å². The Morgan fingerprint density at radius 2 is 1.84 bits per heavy atom.